The van der Waals surface area contributed by atoms with Gasteiger partial charge < -0.3 is 0 Å². The van der Waals surface area contributed by atoms with E-state index in [1.807, 2.05) is 6.92 Å². The fourth-order valence-corrected chi connectivity index (χ4v) is 4.65. The van der Waals surface area contributed by atoms with Crippen LogP contribution in [0.1, 0.15) is 24.8 Å². The lowest BCUT2D eigenvalue weighted by molar-refractivity contribution is -0.532. The lowest BCUT2D eigenvalue weighted by Gasteiger charge is -2.24. The molecule has 2 aliphatic rings. The zero-order chi connectivity index (χ0) is 15.2. The summed E-state index contributed by atoms with van der Waals surface area (Å²) in [6, 6.07) is 5.75. The third-order valence-corrected chi connectivity index (χ3v) is 5.90. The molecular weight excluding hydrogens is 294 g/mol. The van der Waals surface area contributed by atoms with Gasteiger partial charge in [0, 0.05) is 11.3 Å². The van der Waals surface area contributed by atoms with Crippen molar-refractivity contribution in [3.63, 3.8) is 0 Å². The highest BCUT2D eigenvalue weighted by atomic mass is 32.2. The van der Waals surface area contributed by atoms with Crippen molar-refractivity contribution in [2.75, 3.05) is 0 Å². The van der Waals surface area contributed by atoms with Crippen LogP contribution in [0, 0.1) is 28.9 Å². The van der Waals surface area contributed by atoms with E-state index in [0.29, 0.717) is 19.3 Å². The van der Waals surface area contributed by atoms with Gasteiger partial charge in [0.25, 0.3) is 10.1 Å². The summed E-state index contributed by atoms with van der Waals surface area (Å²) >= 11 is 0. The summed E-state index contributed by atoms with van der Waals surface area (Å²) in [6.07, 6.45) is 1.27. The molecule has 2 saturated carbocycles. The zero-order valence-electron chi connectivity index (χ0n) is 11.6. The molecule has 0 saturated heterocycles. The van der Waals surface area contributed by atoms with Gasteiger partial charge in [0.05, 0.1) is 16.9 Å². The molecule has 0 aromatic heterocycles. The van der Waals surface area contributed by atoms with E-state index in [4.69, 9.17) is 4.18 Å². The van der Waals surface area contributed by atoms with Gasteiger partial charge in [-0.05, 0) is 37.8 Å². The monoisotopic (exact) mass is 311 g/mol. The standard InChI is InChI=1S/C14H17NO5S/c1-9-2-4-11(5-3-9)21(18,19)20-14-8-10-6-12(14)13(7-10)15(16)17/h2-5,10,12-14H,6-8H2,1H3/t10-,12+,13+,14-/m0/s1. The first-order chi connectivity index (χ1) is 9.87. The minimum Gasteiger partial charge on any atom is -0.264 e. The Morgan fingerprint density at radius 3 is 2.43 bits per heavy atom. The molecule has 3 rings (SSSR count). The second-order valence-electron chi connectivity index (χ2n) is 5.99. The lowest BCUT2D eigenvalue weighted by Crippen LogP contribution is -2.37. The zero-order valence-corrected chi connectivity index (χ0v) is 12.5. The Morgan fingerprint density at radius 1 is 1.19 bits per heavy atom. The van der Waals surface area contributed by atoms with Crippen LogP contribution in [0.4, 0.5) is 0 Å². The molecule has 2 aliphatic carbocycles. The highest BCUT2D eigenvalue weighted by Crippen LogP contribution is 2.47. The molecule has 6 nitrogen and oxygen atoms in total. The van der Waals surface area contributed by atoms with E-state index in [1.165, 1.54) is 12.1 Å². The Balaban J connectivity index is 1.77. The van der Waals surface area contributed by atoms with Crippen LogP contribution < -0.4 is 0 Å². The third kappa shape index (κ3) is 2.67. The molecule has 0 aliphatic heterocycles. The summed E-state index contributed by atoms with van der Waals surface area (Å²) in [5.74, 6) is -0.0751. The molecule has 0 spiro atoms. The maximum Gasteiger partial charge on any atom is 0.297 e. The predicted octanol–water partition coefficient (Wildman–Crippen LogP) is 2.14. The molecule has 0 N–H and O–H groups in total. The van der Waals surface area contributed by atoms with Crippen molar-refractivity contribution in [3.8, 4) is 0 Å². The SMILES string of the molecule is Cc1ccc(S(=O)(=O)O[C@H]2C[C@H]3C[C@@H]2[C@H]([N+](=O)[O-])C3)cc1. The molecule has 4 atom stereocenters. The van der Waals surface area contributed by atoms with Crippen LogP contribution in [0.2, 0.25) is 0 Å². The largest absolute Gasteiger partial charge is 0.297 e. The number of benzene rings is 1. The molecule has 0 unspecified atom stereocenters. The Labute approximate surface area is 123 Å². The van der Waals surface area contributed by atoms with Gasteiger partial charge in [-0.25, -0.2) is 0 Å². The minimum atomic E-state index is -3.85. The number of hydrogen-bond donors (Lipinski definition) is 0. The van der Waals surface area contributed by atoms with E-state index in [9.17, 15) is 18.5 Å². The number of hydrogen-bond acceptors (Lipinski definition) is 5. The fraction of sp³-hybridized carbons (Fsp3) is 0.571. The highest BCUT2D eigenvalue weighted by molar-refractivity contribution is 7.86. The smallest absolute Gasteiger partial charge is 0.264 e. The highest BCUT2D eigenvalue weighted by Gasteiger charge is 2.54. The molecule has 114 valence electrons. The number of nitrogens with zero attached hydrogens (tertiary/aromatic N) is 1. The molecule has 0 heterocycles. The average molecular weight is 311 g/mol. The van der Waals surface area contributed by atoms with Gasteiger partial charge in [-0.1, -0.05) is 17.7 Å². The lowest BCUT2D eigenvalue weighted by atomic mass is 9.93. The fourth-order valence-electron chi connectivity index (χ4n) is 3.53. The van der Waals surface area contributed by atoms with E-state index in [-0.39, 0.29) is 21.7 Å². The Hall–Kier alpha value is -1.47. The summed E-state index contributed by atoms with van der Waals surface area (Å²) in [4.78, 5) is 10.8. The summed E-state index contributed by atoms with van der Waals surface area (Å²) in [6.45, 7) is 1.87. The molecular formula is C14H17NO5S. The number of nitro groups is 1. The van der Waals surface area contributed by atoms with Gasteiger partial charge in [0.2, 0.25) is 6.04 Å². The van der Waals surface area contributed by atoms with E-state index < -0.39 is 22.3 Å². The summed E-state index contributed by atoms with van der Waals surface area (Å²) in [5.41, 5.74) is 0.960. The van der Waals surface area contributed by atoms with Crippen LogP contribution in [0.25, 0.3) is 0 Å². The van der Waals surface area contributed by atoms with Crippen LogP contribution in [0.3, 0.4) is 0 Å². The van der Waals surface area contributed by atoms with Crippen molar-refractivity contribution in [1.29, 1.82) is 0 Å². The summed E-state index contributed by atoms with van der Waals surface area (Å²) in [5, 5.41) is 11.0. The van der Waals surface area contributed by atoms with Gasteiger partial charge in [0.1, 0.15) is 0 Å². The van der Waals surface area contributed by atoms with Crippen LogP contribution in [-0.2, 0) is 14.3 Å². The maximum absolute atomic E-state index is 12.3. The number of aryl methyl sites for hydroxylation is 1. The van der Waals surface area contributed by atoms with Crippen LogP contribution in [0.5, 0.6) is 0 Å². The van der Waals surface area contributed by atoms with Crippen molar-refractivity contribution in [2.24, 2.45) is 11.8 Å². The van der Waals surface area contributed by atoms with Gasteiger partial charge in [-0.2, -0.15) is 8.42 Å². The van der Waals surface area contributed by atoms with Crippen molar-refractivity contribution in [3.05, 3.63) is 39.9 Å². The van der Waals surface area contributed by atoms with Crippen LogP contribution in [0.15, 0.2) is 29.2 Å². The number of rotatable bonds is 4. The van der Waals surface area contributed by atoms with Gasteiger partial charge in [-0.3, -0.25) is 14.3 Å². The summed E-state index contributed by atoms with van der Waals surface area (Å²) < 4.78 is 29.8. The molecule has 0 radical (unpaired) electrons. The van der Waals surface area contributed by atoms with E-state index in [2.05, 4.69) is 0 Å². The van der Waals surface area contributed by atoms with E-state index in [1.54, 1.807) is 12.1 Å². The summed E-state index contributed by atoms with van der Waals surface area (Å²) in [7, 11) is -3.85. The molecule has 7 heteroatoms. The Morgan fingerprint density at radius 2 is 1.86 bits per heavy atom. The molecule has 2 bridgehead atoms. The van der Waals surface area contributed by atoms with Crippen molar-refractivity contribution >= 4 is 10.1 Å². The molecule has 2 fully saturated rings. The first kappa shape index (κ1) is 14.5. The predicted molar refractivity (Wildman–Crippen MR) is 74.9 cm³/mol. The van der Waals surface area contributed by atoms with Gasteiger partial charge in [-0.15, -0.1) is 0 Å². The number of fused-ring (bicyclic) bond motifs is 2. The molecule has 0 amide bonds. The van der Waals surface area contributed by atoms with Crippen molar-refractivity contribution in [1.82, 2.24) is 0 Å². The van der Waals surface area contributed by atoms with Crippen LogP contribution >= 0.6 is 0 Å². The second kappa shape index (κ2) is 5.06. The van der Waals surface area contributed by atoms with Crippen LogP contribution in [-0.4, -0.2) is 25.5 Å². The van der Waals surface area contributed by atoms with E-state index in [0.717, 1.165) is 5.56 Å². The third-order valence-electron chi connectivity index (χ3n) is 4.55. The average Bonchev–Trinajstić information content (AvgIpc) is 2.98. The minimum absolute atomic E-state index is 0.105. The molecule has 1 aromatic rings. The topological polar surface area (TPSA) is 86.5 Å². The van der Waals surface area contributed by atoms with E-state index >= 15 is 0 Å². The Bertz CT molecular complexity index is 654. The van der Waals surface area contributed by atoms with Crippen molar-refractivity contribution < 1.29 is 17.5 Å². The maximum atomic E-state index is 12.3. The van der Waals surface area contributed by atoms with Crippen molar-refractivity contribution in [2.45, 2.75) is 43.2 Å². The quantitative estimate of drug-likeness (QED) is 0.483. The molecule has 1 aromatic carbocycles. The normalized spacial score (nSPS) is 31.5. The Kier molecular flexibility index (Phi) is 3.49. The first-order valence-corrected chi connectivity index (χ1v) is 8.41. The molecule has 21 heavy (non-hydrogen) atoms. The van der Waals surface area contributed by atoms with Gasteiger partial charge >= 0.3 is 0 Å². The van der Waals surface area contributed by atoms with Gasteiger partial charge in [0.15, 0.2) is 0 Å². The first-order valence-electron chi connectivity index (χ1n) is 7.00. The second-order valence-corrected chi connectivity index (χ2v) is 7.56.